The topological polar surface area (TPSA) is 78.8 Å². The van der Waals surface area contributed by atoms with Crippen molar-refractivity contribution in [1.82, 2.24) is 5.32 Å². The molecule has 3 N–H and O–H groups in total. The van der Waals surface area contributed by atoms with Crippen LogP contribution in [0.3, 0.4) is 0 Å². The fourth-order valence-corrected chi connectivity index (χ4v) is 1.74. The van der Waals surface area contributed by atoms with Crippen molar-refractivity contribution in [3.63, 3.8) is 0 Å². The van der Waals surface area contributed by atoms with Crippen molar-refractivity contribution in [3.05, 3.63) is 12.2 Å². The molecule has 0 aromatic rings. The summed E-state index contributed by atoms with van der Waals surface area (Å²) < 4.78 is 5.58. The number of hydrogen-bond acceptors (Lipinski definition) is 4. The second-order valence-corrected chi connectivity index (χ2v) is 3.77. The van der Waals surface area contributed by atoms with E-state index in [2.05, 4.69) is 11.9 Å². The fraction of sp³-hybridized carbons (Fsp3) is 0.700. The third-order valence-corrected chi connectivity index (χ3v) is 2.54. The van der Waals surface area contributed by atoms with E-state index in [1.54, 1.807) is 0 Å². The van der Waals surface area contributed by atoms with E-state index >= 15 is 0 Å². The zero-order valence-electron chi connectivity index (χ0n) is 8.66. The summed E-state index contributed by atoms with van der Waals surface area (Å²) in [6.45, 7) is 5.31. The van der Waals surface area contributed by atoms with Gasteiger partial charge in [-0.25, -0.2) is 4.79 Å². The Morgan fingerprint density at radius 2 is 2.33 bits per heavy atom. The molecule has 1 rings (SSSR count). The summed E-state index contributed by atoms with van der Waals surface area (Å²) in [5.41, 5.74) is -0.491. The number of ether oxygens (including phenoxy) is 1. The number of aliphatic hydroxyl groups excluding tert-OH is 1. The molecule has 1 saturated heterocycles. The van der Waals surface area contributed by atoms with E-state index in [1.165, 1.54) is 0 Å². The summed E-state index contributed by atoms with van der Waals surface area (Å²) >= 11 is 0. The Hall–Kier alpha value is -0.910. The number of morpholine rings is 1. The number of hydrogen-bond donors (Lipinski definition) is 3. The summed E-state index contributed by atoms with van der Waals surface area (Å²) in [6.07, 6.45) is 0.669. The lowest BCUT2D eigenvalue weighted by Crippen LogP contribution is -2.50. The Balaban J connectivity index is 2.63. The second-order valence-electron chi connectivity index (χ2n) is 3.77. The zero-order chi connectivity index (χ0) is 11.3. The standard InChI is InChI=1S/C10H17NO4/c1-8(9(13)14)6-10(2-4-12)7-11-3-5-15-10/h11-12H,1-7H2,(H,13,14). The number of aliphatic carboxylic acids is 1. The Morgan fingerprint density at radius 3 is 2.80 bits per heavy atom. The van der Waals surface area contributed by atoms with E-state index in [1.807, 2.05) is 0 Å². The largest absolute Gasteiger partial charge is 0.478 e. The molecule has 0 aliphatic carbocycles. The van der Waals surface area contributed by atoms with E-state index < -0.39 is 11.6 Å². The summed E-state index contributed by atoms with van der Waals surface area (Å²) in [5.74, 6) is -1.01. The average Bonchev–Trinajstić information content (AvgIpc) is 2.19. The van der Waals surface area contributed by atoms with E-state index in [4.69, 9.17) is 14.9 Å². The van der Waals surface area contributed by atoms with Gasteiger partial charge in [0.2, 0.25) is 0 Å². The molecule has 1 atom stereocenters. The number of carboxylic acid groups (broad SMARTS) is 1. The maximum Gasteiger partial charge on any atom is 0.331 e. The number of carbonyl (C=O) groups is 1. The van der Waals surface area contributed by atoms with Gasteiger partial charge in [-0.1, -0.05) is 6.58 Å². The van der Waals surface area contributed by atoms with Crippen LogP contribution in [0.4, 0.5) is 0 Å². The molecule has 1 aliphatic heterocycles. The molecule has 0 aromatic carbocycles. The quantitative estimate of drug-likeness (QED) is 0.551. The van der Waals surface area contributed by atoms with E-state index in [0.717, 1.165) is 6.54 Å². The first-order valence-corrected chi connectivity index (χ1v) is 4.96. The van der Waals surface area contributed by atoms with Crippen molar-refractivity contribution < 1.29 is 19.7 Å². The summed E-state index contributed by atoms with van der Waals surface area (Å²) in [6, 6.07) is 0. The van der Waals surface area contributed by atoms with Crippen LogP contribution < -0.4 is 5.32 Å². The van der Waals surface area contributed by atoms with Crippen molar-refractivity contribution in [2.24, 2.45) is 0 Å². The summed E-state index contributed by atoms with van der Waals surface area (Å²) in [4.78, 5) is 10.7. The van der Waals surface area contributed by atoms with Gasteiger partial charge in [-0.15, -0.1) is 0 Å². The van der Waals surface area contributed by atoms with Crippen LogP contribution in [0.25, 0.3) is 0 Å². The number of nitrogens with one attached hydrogen (secondary N) is 1. The Morgan fingerprint density at radius 1 is 1.60 bits per heavy atom. The highest BCUT2D eigenvalue weighted by molar-refractivity contribution is 5.85. The molecule has 0 saturated carbocycles. The Bertz CT molecular complexity index is 240. The predicted octanol–water partition coefficient (Wildman–Crippen LogP) is -0.242. The molecule has 0 aromatic heterocycles. The molecule has 0 amide bonds. The molecule has 1 heterocycles. The van der Waals surface area contributed by atoms with Gasteiger partial charge in [0.05, 0.1) is 12.2 Å². The van der Waals surface area contributed by atoms with Crippen LogP contribution in [0.1, 0.15) is 12.8 Å². The van der Waals surface area contributed by atoms with E-state index in [0.29, 0.717) is 19.6 Å². The average molecular weight is 215 g/mol. The van der Waals surface area contributed by atoms with Crippen LogP contribution in [0.2, 0.25) is 0 Å². The first-order valence-electron chi connectivity index (χ1n) is 4.96. The van der Waals surface area contributed by atoms with Gasteiger partial charge in [-0.05, 0) is 0 Å². The third-order valence-electron chi connectivity index (χ3n) is 2.54. The molecule has 0 radical (unpaired) electrons. The molecule has 1 fully saturated rings. The van der Waals surface area contributed by atoms with Crippen LogP contribution in [-0.2, 0) is 9.53 Å². The smallest absolute Gasteiger partial charge is 0.331 e. The highest BCUT2D eigenvalue weighted by Gasteiger charge is 2.34. The van der Waals surface area contributed by atoms with Gasteiger partial charge in [0, 0.05) is 38.1 Å². The minimum absolute atomic E-state index is 0.0193. The van der Waals surface area contributed by atoms with Gasteiger partial charge in [0.1, 0.15) is 0 Å². The third kappa shape index (κ3) is 3.30. The number of rotatable bonds is 5. The minimum atomic E-state index is -1.01. The normalized spacial score (nSPS) is 26.2. The highest BCUT2D eigenvalue weighted by atomic mass is 16.5. The van der Waals surface area contributed by atoms with Crippen LogP contribution in [0.5, 0.6) is 0 Å². The van der Waals surface area contributed by atoms with Crippen molar-refractivity contribution >= 4 is 5.97 Å². The summed E-state index contributed by atoms with van der Waals surface area (Å²) in [5, 5.41) is 20.8. The molecule has 5 nitrogen and oxygen atoms in total. The maximum absolute atomic E-state index is 10.7. The van der Waals surface area contributed by atoms with Crippen LogP contribution in [0.15, 0.2) is 12.2 Å². The summed E-state index contributed by atoms with van der Waals surface area (Å²) in [7, 11) is 0. The lowest BCUT2D eigenvalue weighted by Gasteiger charge is -2.37. The first-order chi connectivity index (χ1) is 7.09. The molecule has 0 bridgehead atoms. The maximum atomic E-state index is 10.7. The lowest BCUT2D eigenvalue weighted by molar-refractivity contribution is -0.134. The first kappa shape index (κ1) is 12.2. The molecule has 1 unspecified atom stereocenters. The SMILES string of the molecule is C=C(CC1(CCO)CNCCO1)C(=O)O. The van der Waals surface area contributed by atoms with E-state index in [9.17, 15) is 4.79 Å². The van der Waals surface area contributed by atoms with Crippen LogP contribution in [0, 0.1) is 0 Å². The van der Waals surface area contributed by atoms with Crippen molar-refractivity contribution in [2.45, 2.75) is 18.4 Å². The lowest BCUT2D eigenvalue weighted by atomic mass is 9.90. The van der Waals surface area contributed by atoms with Crippen molar-refractivity contribution in [1.29, 1.82) is 0 Å². The molecule has 15 heavy (non-hydrogen) atoms. The zero-order valence-corrected chi connectivity index (χ0v) is 8.66. The van der Waals surface area contributed by atoms with Gasteiger partial charge in [-0.3, -0.25) is 0 Å². The van der Waals surface area contributed by atoms with Gasteiger partial charge >= 0.3 is 5.97 Å². The Labute approximate surface area is 88.7 Å². The van der Waals surface area contributed by atoms with Crippen molar-refractivity contribution in [2.75, 3.05) is 26.3 Å². The molecular formula is C10H17NO4. The molecule has 0 spiro atoms. The number of aliphatic hydroxyl groups is 1. The second kappa shape index (κ2) is 5.25. The van der Waals surface area contributed by atoms with Crippen LogP contribution >= 0.6 is 0 Å². The van der Waals surface area contributed by atoms with Crippen LogP contribution in [-0.4, -0.2) is 48.1 Å². The van der Waals surface area contributed by atoms with Gasteiger partial charge in [0.15, 0.2) is 0 Å². The predicted molar refractivity (Wildman–Crippen MR) is 54.6 cm³/mol. The monoisotopic (exact) mass is 215 g/mol. The molecular weight excluding hydrogens is 198 g/mol. The highest BCUT2D eigenvalue weighted by Crippen LogP contribution is 2.25. The van der Waals surface area contributed by atoms with Gasteiger partial charge in [-0.2, -0.15) is 0 Å². The minimum Gasteiger partial charge on any atom is -0.478 e. The number of carboxylic acids is 1. The van der Waals surface area contributed by atoms with E-state index in [-0.39, 0.29) is 18.6 Å². The molecule has 5 heteroatoms. The van der Waals surface area contributed by atoms with Gasteiger partial charge in [0.25, 0.3) is 0 Å². The molecule has 1 aliphatic rings. The fourth-order valence-electron chi connectivity index (χ4n) is 1.74. The molecule has 86 valence electrons. The van der Waals surface area contributed by atoms with Gasteiger partial charge < -0.3 is 20.3 Å². The van der Waals surface area contributed by atoms with Crippen molar-refractivity contribution in [3.8, 4) is 0 Å². The Kier molecular flexibility index (Phi) is 4.26.